The minimum atomic E-state index is -1.03. The van der Waals surface area contributed by atoms with Gasteiger partial charge in [-0.05, 0) is 30.2 Å². The van der Waals surface area contributed by atoms with Crippen LogP contribution in [0.1, 0.15) is 17.3 Å². The normalized spacial score (nSPS) is 12.9. The molecule has 0 aliphatic carbocycles. The van der Waals surface area contributed by atoms with Gasteiger partial charge in [-0.2, -0.15) is 0 Å². The van der Waals surface area contributed by atoms with Gasteiger partial charge in [-0.1, -0.05) is 42.5 Å². The van der Waals surface area contributed by atoms with Crippen molar-refractivity contribution in [1.29, 1.82) is 0 Å². The summed E-state index contributed by atoms with van der Waals surface area (Å²) in [6.45, 7) is 2.02. The van der Waals surface area contributed by atoms with E-state index in [2.05, 4.69) is 10.6 Å². The fourth-order valence-electron chi connectivity index (χ4n) is 2.38. The van der Waals surface area contributed by atoms with Crippen LogP contribution in [0.2, 0.25) is 0 Å². The predicted octanol–water partition coefficient (Wildman–Crippen LogP) is 0.908. The van der Waals surface area contributed by atoms with Gasteiger partial charge < -0.3 is 21.5 Å². The van der Waals surface area contributed by atoms with Crippen molar-refractivity contribution in [2.75, 3.05) is 13.1 Å². The number of nitrogens with two attached hydrogens (primary N) is 1. The smallest absolute Gasteiger partial charge is 0.252 e. The summed E-state index contributed by atoms with van der Waals surface area (Å²) in [6.07, 6.45) is -1.02. The molecule has 0 fully saturated rings. The number of carbonyl (C=O) groups excluding carboxylic acids is 2. The molecule has 0 unspecified atom stereocenters. The summed E-state index contributed by atoms with van der Waals surface area (Å²) in [5.41, 5.74) is 7.80. The second kappa shape index (κ2) is 8.96. The molecule has 6 heteroatoms. The summed E-state index contributed by atoms with van der Waals surface area (Å²) in [5, 5.41) is 14.9. The standard InChI is InChI=1S/C19H23N3O3/c1-13(23)17(19(25)21-12-11-20)22-18(24)16-9-7-15(8-10-16)14-5-3-2-4-6-14/h2-10,13,17,23H,11-12,20H2,1H3,(H,21,25)(H,22,24)/t13-,17+/m1/s1. The Balaban J connectivity index is 2.07. The van der Waals surface area contributed by atoms with Crippen molar-refractivity contribution < 1.29 is 14.7 Å². The lowest BCUT2D eigenvalue weighted by atomic mass is 10.0. The Kier molecular flexibility index (Phi) is 6.68. The highest BCUT2D eigenvalue weighted by molar-refractivity contribution is 5.98. The van der Waals surface area contributed by atoms with E-state index in [9.17, 15) is 14.7 Å². The average Bonchev–Trinajstić information content (AvgIpc) is 2.64. The average molecular weight is 341 g/mol. The van der Waals surface area contributed by atoms with Crippen LogP contribution in [0.3, 0.4) is 0 Å². The van der Waals surface area contributed by atoms with Gasteiger partial charge in [0.1, 0.15) is 6.04 Å². The van der Waals surface area contributed by atoms with Gasteiger partial charge in [-0.25, -0.2) is 0 Å². The number of aliphatic hydroxyl groups excluding tert-OH is 1. The van der Waals surface area contributed by atoms with Gasteiger partial charge in [0.15, 0.2) is 0 Å². The molecule has 0 bridgehead atoms. The molecule has 2 aromatic carbocycles. The van der Waals surface area contributed by atoms with Crippen molar-refractivity contribution in [3.63, 3.8) is 0 Å². The molecular weight excluding hydrogens is 318 g/mol. The minimum absolute atomic E-state index is 0.281. The largest absolute Gasteiger partial charge is 0.391 e. The maximum atomic E-state index is 12.4. The number of benzene rings is 2. The monoisotopic (exact) mass is 341 g/mol. The van der Waals surface area contributed by atoms with E-state index >= 15 is 0 Å². The second-order valence-corrected chi connectivity index (χ2v) is 5.71. The van der Waals surface area contributed by atoms with Crippen molar-refractivity contribution in [2.24, 2.45) is 5.73 Å². The molecule has 2 amide bonds. The Morgan fingerprint density at radius 1 is 1.04 bits per heavy atom. The fraction of sp³-hybridized carbons (Fsp3) is 0.263. The Bertz CT molecular complexity index is 700. The Hall–Kier alpha value is -2.70. The number of rotatable bonds is 7. The summed E-state index contributed by atoms with van der Waals surface area (Å²) in [7, 11) is 0. The number of hydrogen-bond donors (Lipinski definition) is 4. The Morgan fingerprint density at radius 2 is 1.64 bits per heavy atom. The predicted molar refractivity (Wildman–Crippen MR) is 96.9 cm³/mol. The molecule has 0 radical (unpaired) electrons. The number of nitrogens with one attached hydrogen (secondary N) is 2. The molecule has 0 heterocycles. The first kappa shape index (κ1) is 18.6. The van der Waals surface area contributed by atoms with Crippen LogP contribution in [0.4, 0.5) is 0 Å². The van der Waals surface area contributed by atoms with E-state index < -0.39 is 24.0 Å². The zero-order chi connectivity index (χ0) is 18.2. The van der Waals surface area contributed by atoms with Gasteiger partial charge in [0, 0.05) is 18.7 Å². The van der Waals surface area contributed by atoms with Crippen molar-refractivity contribution in [1.82, 2.24) is 10.6 Å². The maximum Gasteiger partial charge on any atom is 0.252 e. The quantitative estimate of drug-likeness (QED) is 0.601. The van der Waals surface area contributed by atoms with Crippen LogP contribution in [0, 0.1) is 0 Å². The van der Waals surface area contributed by atoms with E-state index in [-0.39, 0.29) is 13.1 Å². The summed E-state index contributed by atoms with van der Waals surface area (Å²) >= 11 is 0. The SMILES string of the molecule is C[C@@H](O)[C@H](NC(=O)c1ccc(-c2ccccc2)cc1)C(=O)NCCN. The molecule has 0 aliphatic heterocycles. The fourth-order valence-corrected chi connectivity index (χ4v) is 2.38. The van der Waals surface area contributed by atoms with Crippen molar-refractivity contribution >= 4 is 11.8 Å². The third-order valence-electron chi connectivity index (χ3n) is 3.75. The number of aliphatic hydroxyl groups is 1. The second-order valence-electron chi connectivity index (χ2n) is 5.71. The van der Waals surface area contributed by atoms with Gasteiger partial charge in [0.05, 0.1) is 6.10 Å². The van der Waals surface area contributed by atoms with Crippen LogP contribution in [0.15, 0.2) is 54.6 Å². The number of hydrogen-bond acceptors (Lipinski definition) is 4. The van der Waals surface area contributed by atoms with Crippen LogP contribution in [0.5, 0.6) is 0 Å². The molecule has 2 rings (SSSR count). The van der Waals surface area contributed by atoms with Gasteiger partial charge in [0.2, 0.25) is 5.91 Å². The van der Waals surface area contributed by atoms with Crippen molar-refractivity contribution in [2.45, 2.75) is 19.1 Å². The van der Waals surface area contributed by atoms with E-state index in [1.165, 1.54) is 6.92 Å². The minimum Gasteiger partial charge on any atom is -0.391 e. The lowest BCUT2D eigenvalue weighted by Crippen LogP contribution is -2.53. The molecule has 0 aliphatic rings. The summed E-state index contributed by atoms with van der Waals surface area (Å²) in [4.78, 5) is 24.4. The zero-order valence-electron chi connectivity index (χ0n) is 14.1. The molecule has 0 spiro atoms. The molecule has 5 N–H and O–H groups in total. The van der Waals surface area contributed by atoms with Crippen LogP contribution < -0.4 is 16.4 Å². The van der Waals surface area contributed by atoms with Crippen molar-refractivity contribution in [3.05, 3.63) is 60.2 Å². The van der Waals surface area contributed by atoms with Crippen LogP contribution in [-0.4, -0.2) is 42.2 Å². The van der Waals surface area contributed by atoms with E-state index in [0.717, 1.165) is 11.1 Å². The molecule has 0 saturated heterocycles. The van der Waals surface area contributed by atoms with Gasteiger partial charge in [-0.3, -0.25) is 9.59 Å². The van der Waals surface area contributed by atoms with E-state index in [4.69, 9.17) is 5.73 Å². The molecular formula is C19H23N3O3. The Labute approximate surface area is 147 Å². The molecule has 0 aromatic heterocycles. The van der Waals surface area contributed by atoms with Crippen molar-refractivity contribution in [3.8, 4) is 11.1 Å². The molecule has 2 aromatic rings. The summed E-state index contributed by atoms with van der Waals surface area (Å²) in [5.74, 6) is -0.886. The lowest BCUT2D eigenvalue weighted by molar-refractivity contribution is -0.125. The topological polar surface area (TPSA) is 104 Å². The molecule has 25 heavy (non-hydrogen) atoms. The number of amides is 2. The zero-order valence-corrected chi connectivity index (χ0v) is 14.1. The van der Waals surface area contributed by atoms with E-state index in [0.29, 0.717) is 5.56 Å². The van der Waals surface area contributed by atoms with Gasteiger partial charge in [0.25, 0.3) is 5.91 Å². The highest BCUT2D eigenvalue weighted by atomic mass is 16.3. The third kappa shape index (κ3) is 5.14. The highest BCUT2D eigenvalue weighted by Gasteiger charge is 2.25. The molecule has 132 valence electrons. The molecule has 0 saturated carbocycles. The first-order valence-electron chi connectivity index (χ1n) is 8.15. The van der Waals surface area contributed by atoms with E-state index in [1.807, 2.05) is 42.5 Å². The van der Waals surface area contributed by atoms with Crippen LogP contribution in [-0.2, 0) is 4.79 Å². The highest BCUT2D eigenvalue weighted by Crippen LogP contribution is 2.19. The molecule has 2 atom stereocenters. The maximum absolute atomic E-state index is 12.4. The van der Waals surface area contributed by atoms with Gasteiger partial charge in [-0.15, -0.1) is 0 Å². The molecule has 6 nitrogen and oxygen atoms in total. The first-order chi connectivity index (χ1) is 12.0. The lowest BCUT2D eigenvalue weighted by Gasteiger charge is -2.20. The summed E-state index contributed by atoms with van der Waals surface area (Å²) < 4.78 is 0. The first-order valence-corrected chi connectivity index (χ1v) is 8.15. The number of carbonyl (C=O) groups is 2. The Morgan fingerprint density at radius 3 is 2.20 bits per heavy atom. The van der Waals surface area contributed by atoms with Crippen LogP contribution >= 0.6 is 0 Å². The van der Waals surface area contributed by atoms with Crippen LogP contribution in [0.25, 0.3) is 11.1 Å². The van der Waals surface area contributed by atoms with Gasteiger partial charge >= 0.3 is 0 Å². The summed E-state index contributed by atoms with van der Waals surface area (Å²) in [6, 6.07) is 15.8. The third-order valence-corrected chi connectivity index (χ3v) is 3.75. The van der Waals surface area contributed by atoms with E-state index in [1.54, 1.807) is 12.1 Å².